The lowest BCUT2D eigenvalue weighted by molar-refractivity contribution is -0.115. The largest absolute Gasteiger partial charge is 0.325 e. The summed E-state index contributed by atoms with van der Waals surface area (Å²) in [4.78, 5) is 17.1. The Bertz CT molecular complexity index is 692. The Balaban J connectivity index is 2.24. The molecule has 7 heteroatoms. The molecule has 0 aliphatic rings. The van der Waals surface area contributed by atoms with E-state index < -0.39 is 0 Å². The molecule has 1 amide bonds. The smallest absolute Gasteiger partial charge is 0.266 e. The van der Waals surface area contributed by atoms with Crippen molar-refractivity contribution in [3.63, 3.8) is 0 Å². The third-order valence-corrected chi connectivity index (χ3v) is 4.35. The molecule has 21 heavy (non-hydrogen) atoms. The van der Waals surface area contributed by atoms with Gasteiger partial charge in [-0.3, -0.25) is 4.79 Å². The van der Waals surface area contributed by atoms with Crippen molar-refractivity contribution in [1.82, 2.24) is 0 Å². The molecular weight excluding hydrogens is 351 g/mol. The maximum absolute atomic E-state index is 11.9. The van der Waals surface area contributed by atoms with Crippen LogP contribution in [0.5, 0.6) is 0 Å². The number of nitrogens with zero attached hydrogens (tertiary/aromatic N) is 2. The molecule has 2 rings (SSSR count). The van der Waals surface area contributed by atoms with Crippen LogP contribution in [0.1, 0.15) is 4.88 Å². The average molecular weight is 361 g/mol. The average Bonchev–Trinajstić information content (AvgIpc) is 2.99. The molecule has 0 saturated carbocycles. The van der Waals surface area contributed by atoms with Gasteiger partial charge < -0.3 is 0 Å². The minimum Gasteiger partial charge on any atom is -0.266 e. The Hall–Kier alpha value is -1.25. The molecule has 0 unspecified atom stereocenters. The van der Waals surface area contributed by atoms with Crippen molar-refractivity contribution in [2.45, 2.75) is 6.42 Å². The number of thiophene rings is 1. The number of carbonyl (C=O) groups is 1. The minimum absolute atomic E-state index is 0.190. The Labute approximate surface area is 141 Å². The van der Waals surface area contributed by atoms with E-state index in [4.69, 9.17) is 34.8 Å². The molecule has 3 nitrogen and oxygen atoms in total. The van der Waals surface area contributed by atoms with Gasteiger partial charge in [0.05, 0.1) is 15.0 Å². The summed E-state index contributed by atoms with van der Waals surface area (Å²) < 4.78 is 0. The Morgan fingerprint density at radius 1 is 1.29 bits per heavy atom. The van der Waals surface area contributed by atoms with E-state index in [-0.39, 0.29) is 11.8 Å². The van der Waals surface area contributed by atoms with Gasteiger partial charge in [-0.25, -0.2) is 0 Å². The fourth-order valence-corrected chi connectivity index (χ4v) is 2.57. The van der Waals surface area contributed by atoms with Crippen LogP contribution in [0.2, 0.25) is 10.0 Å². The summed E-state index contributed by atoms with van der Waals surface area (Å²) in [5, 5.41) is 3.89. The standard InChI is InChI=1S/C14H10Cl3N2OS/c15-9-14(20)19(10-3-4-12(16)13(17)8-10)18-6-5-11-2-1-7-21-11/h1-4,7-8H,5,9H2/q+1. The monoisotopic (exact) mass is 359 g/mol. The van der Waals surface area contributed by atoms with Gasteiger partial charge >= 0.3 is 12.0 Å². The molecular formula is C14H10Cl3N2OS+. The van der Waals surface area contributed by atoms with Crippen LogP contribution in [-0.2, 0) is 11.2 Å². The van der Waals surface area contributed by atoms with Crippen LogP contribution >= 0.6 is 46.1 Å². The first kappa shape index (κ1) is 16.1. The van der Waals surface area contributed by atoms with Crippen molar-refractivity contribution >= 4 is 57.7 Å². The lowest BCUT2D eigenvalue weighted by Gasteiger charge is -2.04. The molecule has 0 bridgehead atoms. The van der Waals surface area contributed by atoms with Gasteiger partial charge in [0.25, 0.3) is 0 Å². The summed E-state index contributed by atoms with van der Waals surface area (Å²) in [6, 6.07) is 11.6. The van der Waals surface area contributed by atoms with Crippen molar-refractivity contribution < 1.29 is 4.79 Å². The van der Waals surface area contributed by atoms with Crippen LogP contribution < -0.4 is 5.01 Å². The Morgan fingerprint density at radius 3 is 2.71 bits per heavy atom. The first-order valence-corrected chi connectivity index (χ1v) is 8.08. The summed E-state index contributed by atoms with van der Waals surface area (Å²) in [5.74, 6) is -0.557. The highest BCUT2D eigenvalue weighted by Crippen LogP contribution is 2.27. The lowest BCUT2D eigenvalue weighted by Crippen LogP contribution is -2.24. The van der Waals surface area contributed by atoms with Crippen LogP contribution in [0.25, 0.3) is 4.95 Å². The first-order valence-electron chi connectivity index (χ1n) is 5.91. The zero-order chi connectivity index (χ0) is 15.2. The molecule has 1 heterocycles. The van der Waals surface area contributed by atoms with Crippen molar-refractivity contribution in [3.8, 4) is 6.07 Å². The topological polar surface area (TPSA) is 24.7 Å². The fraction of sp³-hybridized carbons (Fsp3) is 0.143. The van der Waals surface area contributed by atoms with Crippen LogP contribution in [0, 0.1) is 6.07 Å². The van der Waals surface area contributed by atoms with Gasteiger partial charge in [-0.1, -0.05) is 29.3 Å². The van der Waals surface area contributed by atoms with Gasteiger partial charge in [0.15, 0.2) is 0 Å². The number of amides is 1. The quantitative estimate of drug-likeness (QED) is 0.551. The molecule has 0 saturated heterocycles. The van der Waals surface area contributed by atoms with E-state index in [0.717, 1.165) is 4.88 Å². The summed E-state index contributed by atoms with van der Waals surface area (Å²) in [5.41, 5.74) is 0.494. The molecule has 0 atom stereocenters. The third kappa shape index (κ3) is 4.36. The van der Waals surface area contributed by atoms with Crippen molar-refractivity contribution in [2.24, 2.45) is 0 Å². The molecule has 0 N–H and O–H groups in total. The number of halogens is 3. The minimum atomic E-state index is -0.367. The van der Waals surface area contributed by atoms with Crippen LogP contribution in [0.15, 0.2) is 35.7 Å². The second kappa shape index (κ2) is 7.67. The van der Waals surface area contributed by atoms with Crippen LogP contribution in [0.4, 0.5) is 5.69 Å². The van der Waals surface area contributed by atoms with E-state index in [1.165, 1.54) is 5.01 Å². The summed E-state index contributed by atoms with van der Waals surface area (Å²) in [6.45, 7) is 0. The first-order chi connectivity index (χ1) is 10.1. The lowest BCUT2D eigenvalue weighted by atomic mass is 10.3. The summed E-state index contributed by atoms with van der Waals surface area (Å²) in [7, 11) is 0. The van der Waals surface area contributed by atoms with Crippen LogP contribution in [0.3, 0.4) is 0 Å². The second-order valence-electron chi connectivity index (χ2n) is 3.95. The van der Waals surface area contributed by atoms with Crippen LogP contribution in [-0.4, -0.2) is 11.8 Å². The number of benzene rings is 1. The molecule has 0 radical (unpaired) electrons. The number of rotatable bonds is 3. The molecule has 0 aliphatic heterocycles. The molecule has 108 valence electrons. The van der Waals surface area contributed by atoms with Gasteiger partial charge in [-0.05, 0) is 29.6 Å². The van der Waals surface area contributed by atoms with Crippen molar-refractivity contribution in [3.05, 3.63) is 55.6 Å². The van der Waals surface area contributed by atoms with Gasteiger partial charge in [0.2, 0.25) is 0 Å². The number of alkyl halides is 1. The SMILES string of the molecule is O=C(CCl)N([N+]#CCc1cccs1)c1ccc(Cl)c(Cl)c1. The number of hydrogen-bond acceptors (Lipinski definition) is 2. The second-order valence-corrected chi connectivity index (χ2v) is 6.07. The number of hydrogen-bond donors (Lipinski definition) is 0. The maximum Gasteiger partial charge on any atom is 0.325 e. The van der Waals surface area contributed by atoms with E-state index >= 15 is 0 Å². The predicted molar refractivity (Wildman–Crippen MR) is 89.9 cm³/mol. The maximum atomic E-state index is 11.9. The van der Waals surface area contributed by atoms with E-state index in [2.05, 4.69) is 11.0 Å². The van der Waals surface area contributed by atoms with E-state index in [9.17, 15) is 4.79 Å². The number of carbonyl (C=O) groups excluding carboxylic acids is 1. The van der Waals surface area contributed by atoms with Crippen molar-refractivity contribution in [1.29, 1.82) is 0 Å². The van der Waals surface area contributed by atoms with Gasteiger partial charge in [-0.2, -0.15) is 0 Å². The van der Waals surface area contributed by atoms with E-state index in [1.54, 1.807) is 29.5 Å². The summed E-state index contributed by atoms with van der Waals surface area (Å²) in [6.07, 6.45) is 0.519. The molecule has 0 fully saturated rings. The number of anilines is 1. The molecule has 0 aliphatic carbocycles. The highest BCUT2D eigenvalue weighted by Gasteiger charge is 2.24. The fourth-order valence-electron chi connectivity index (χ4n) is 1.53. The van der Waals surface area contributed by atoms with Gasteiger partial charge in [0.1, 0.15) is 18.0 Å². The highest BCUT2D eigenvalue weighted by molar-refractivity contribution is 7.09. The zero-order valence-electron chi connectivity index (χ0n) is 10.7. The van der Waals surface area contributed by atoms with Gasteiger partial charge in [0, 0.05) is 9.89 Å². The summed E-state index contributed by atoms with van der Waals surface area (Å²) >= 11 is 19.0. The molecule has 0 spiro atoms. The van der Waals surface area contributed by atoms with Crippen molar-refractivity contribution in [2.75, 3.05) is 10.9 Å². The normalized spacial score (nSPS) is 9.86. The Kier molecular flexibility index (Phi) is 5.89. The third-order valence-electron chi connectivity index (χ3n) is 2.50. The van der Waals surface area contributed by atoms with E-state index in [0.29, 0.717) is 22.2 Å². The highest BCUT2D eigenvalue weighted by atomic mass is 35.5. The zero-order valence-corrected chi connectivity index (χ0v) is 13.8. The Morgan fingerprint density at radius 2 is 2.10 bits per heavy atom. The predicted octanol–water partition coefficient (Wildman–Crippen LogP) is 5.12. The van der Waals surface area contributed by atoms with Gasteiger partial charge in [-0.15, -0.1) is 22.9 Å². The molecule has 2 aromatic rings. The van der Waals surface area contributed by atoms with E-state index in [1.807, 2.05) is 17.5 Å². The molecule has 1 aromatic heterocycles. The molecule has 1 aromatic carbocycles.